The lowest BCUT2D eigenvalue weighted by Crippen LogP contribution is -2.45. The first-order valence-corrected chi connectivity index (χ1v) is 9.41. The van der Waals surface area contributed by atoms with Crippen LogP contribution in [0, 0.1) is 17.3 Å². The molecule has 146 valence electrons. The van der Waals surface area contributed by atoms with E-state index in [2.05, 4.69) is 12.1 Å². The molecule has 0 aromatic heterocycles. The van der Waals surface area contributed by atoms with Gasteiger partial charge in [-0.3, -0.25) is 0 Å². The lowest BCUT2D eigenvalue weighted by Gasteiger charge is -2.49. The minimum atomic E-state index is -1.10. The molecule has 0 radical (unpaired) electrons. The number of oxime groups is 1. The Kier molecular flexibility index (Phi) is 4.39. The Bertz CT molecular complexity index is 793. The van der Waals surface area contributed by atoms with Gasteiger partial charge in [-0.05, 0) is 66.5 Å². The number of hydrogen-bond donors (Lipinski definition) is 4. The molecule has 0 amide bonds. The third-order valence-corrected chi connectivity index (χ3v) is 6.95. The van der Waals surface area contributed by atoms with E-state index in [4.69, 9.17) is 9.94 Å². The van der Waals surface area contributed by atoms with E-state index in [1.165, 1.54) is 0 Å². The predicted octanol–water partition coefficient (Wildman–Crippen LogP) is 1.84. The van der Waals surface area contributed by atoms with E-state index < -0.39 is 24.8 Å². The van der Waals surface area contributed by atoms with Crippen LogP contribution in [0.3, 0.4) is 0 Å². The van der Waals surface area contributed by atoms with Crippen LogP contribution in [0.25, 0.3) is 0 Å². The van der Waals surface area contributed by atoms with E-state index in [9.17, 15) is 20.1 Å². The van der Waals surface area contributed by atoms with E-state index in [1.54, 1.807) is 12.1 Å². The maximum absolute atomic E-state index is 10.7. The monoisotopic (exact) mass is 375 g/mol. The molecule has 2 fully saturated rings. The van der Waals surface area contributed by atoms with Crippen LogP contribution in [-0.2, 0) is 9.63 Å². The highest BCUT2D eigenvalue weighted by atomic mass is 16.6. The Hall–Kier alpha value is -2.12. The molecular formula is C20H25NO6. The summed E-state index contributed by atoms with van der Waals surface area (Å²) in [4.78, 5) is 15.7. The molecule has 4 N–H and O–H groups in total. The van der Waals surface area contributed by atoms with Crippen LogP contribution >= 0.6 is 0 Å². The van der Waals surface area contributed by atoms with Gasteiger partial charge in [-0.25, -0.2) is 4.79 Å². The number of aliphatic carboxylic acids is 1. The van der Waals surface area contributed by atoms with Gasteiger partial charge in [0.1, 0.15) is 5.75 Å². The molecule has 2 saturated carbocycles. The van der Waals surface area contributed by atoms with Crippen molar-refractivity contribution in [3.8, 4) is 5.75 Å². The molecule has 4 rings (SSSR count). The summed E-state index contributed by atoms with van der Waals surface area (Å²) in [6, 6.07) is 5.21. The lowest BCUT2D eigenvalue weighted by atomic mass is 9.55. The summed E-state index contributed by atoms with van der Waals surface area (Å²) in [5.41, 5.74) is 2.15. The zero-order chi connectivity index (χ0) is 19.3. The van der Waals surface area contributed by atoms with E-state index in [0.29, 0.717) is 18.6 Å². The molecule has 7 heteroatoms. The van der Waals surface area contributed by atoms with Crippen molar-refractivity contribution in [3.63, 3.8) is 0 Å². The van der Waals surface area contributed by atoms with Crippen molar-refractivity contribution in [2.45, 2.75) is 50.7 Å². The van der Waals surface area contributed by atoms with Gasteiger partial charge < -0.3 is 25.3 Å². The molecule has 0 spiro atoms. The first kappa shape index (κ1) is 18.3. The Morgan fingerprint density at radius 2 is 2.15 bits per heavy atom. The molecule has 1 aromatic rings. The predicted molar refractivity (Wildman–Crippen MR) is 96.5 cm³/mol. The van der Waals surface area contributed by atoms with Crippen molar-refractivity contribution in [2.75, 3.05) is 6.61 Å². The van der Waals surface area contributed by atoms with Crippen molar-refractivity contribution < 1.29 is 30.1 Å². The second-order valence-corrected chi connectivity index (χ2v) is 8.35. The fourth-order valence-corrected chi connectivity index (χ4v) is 5.65. The number of phenols is 1. The van der Waals surface area contributed by atoms with Crippen molar-refractivity contribution in [3.05, 3.63) is 29.3 Å². The molecule has 0 heterocycles. The minimum absolute atomic E-state index is 0.130. The average Bonchev–Trinajstić information content (AvgIpc) is 2.85. The number of nitrogens with zero attached hydrogens (tertiary/aromatic N) is 1. The normalized spacial score (nSPS) is 38.8. The first-order chi connectivity index (χ1) is 12.8. The van der Waals surface area contributed by atoms with Gasteiger partial charge in [-0.2, -0.15) is 0 Å². The van der Waals surface area contributed by atoms with Gasteiger partial charge in [-0.15, -0.1) is 0 Å². The number of aromatic hydroxyl groups is 1. The third kappa shape index (κ3) is 2.89. The summed E-state index contributed by atoms with van der Waals surface area (Å²) in [5, 5.41) is 43.6. The van der Waals surface area contributed by atoms with Crippen molar-refractivity contribution in [1.29, 1.82) is 0 Å². The third-order valence-electron chi connectivity index (χ3n) is 6.95. The number of hydrogen-bond acceptors (Lipinski definition) is 6. The number of fused-ring (bicyclic) bond motifs is 5. The summed E-state index contributed by atoms with van der Waals surface area (Å²) in [6.07, 6.45) is 1.40. The second kappa shape index (κ2) is 6.49. The summed E-state index contributed by atoms with van der Waals surface area (Å²) < 4.78 is 0. The molecular weight excluding hydrogens is 350 g/mol. The van der Waals surface area contributed by atoms with Crippen LogP contribution in [0.5, 0.6) is 5.75 Å². The standard InChI is InChI=1S/C20H25NO6/c1-20-5-4-12-11-3-2-10(22)6-14(11)16(21-27-9-18(24)25)7-13(12)15(20)8-17(23)19(20)26/h2-3,6,12-13,15,17,19,22-23,26H,4-5,7-9H2,1H3,(H,24,25)/b21-16-/t12-,13+,15-,17-,19-,20+/m1/s1. The summed E-state index contributed by atoms with van der Waals surface area (Å²) >= 11 is 0. The summed E-state index contributed by atoms with van der Waals surface area (Å²) in [7, 11) is 0. The highest BCUT2D eigenvalue weighted by molar-refractivity contribution is 6.03. The number of aliphatic hydroxyl groups is 2. The average molecular weight is 375 g/mol. The SMILES string of the molecule is C[C@]12CC[C@@H]3c4ccc(O)cc4/C(=N\OCC(=O)O)C[C@@H]3[C@H]1C[C@@H](O)[C@H]2O. The maximum Gasteiger partial charge on any atom is 0.344 e. The quantitative estimate of drug-likeness (QED) is 0.599. The van der Waals surface area contributed by atoms with E-state index >= 15 is 0 Å². The highest BCUT2D eigenvalue weighted by Gasteiger charge is 2.58. The van der Waals surface area contributed by atoms with Crippen LogP contribution < -0.4 is 0 Å². The summed E-state index contributed by atoms with van der Waals surface area (Å²) in [5.74, 6) is -0.385. The topological polar surface area (TPSA) is 120 Å². The number of benzene rings is 1. The molecule has 0 saturated heterocycles. The zero-order valence-corrected chi connectivity index (χ0v) is 15.2. The van der Waals surface area contributed by atoms with Crippen molar-refractivity contribution >= 4 is 11.7 Å². The fourth-order valence-electron chi connectivity index (χ4n) is 5.65. The van der Waals surface area contributed by atoms with Gasteiger partial charge in [0.2, 0.25) is 6.61 Å². The summed E-state index contributed by atoms with van der Waals surface area (Å²) in [6.45, 7) is 1.53. The Labute approximate surface area is 157 Å². The maximum atomic E-state index is 10.7. The smallest absolute Gasteiger partial charge is 0.344 e. The number of carboxylic acids is 1. The van der Waals surface area contributed by atoms with Crippen molar-refractivity contribution in [1.82, 2.24) is 0 Å². The Balaban J connectivity index is 1.73. The lowest BCUT2D eigenvalue weighted by molar-refractivity contribution is -0.142. The molecule has 3 aliphatic rings. The Morgan fingerprint density at radius 3 is 2.89 bits per heavy atom. The Morgan fingerprint density at radius 1 is 1.37 bits per heavy atom. The molecule has 27 heavy (non-hydrogen) atoms. The fraction of sp³-hybridized carbons (Fsp3) is 0.600. The van der Waals surface area contributed by atoms with E-state index in [-0.39, 0.29) is 28.9 Å². The van der Waals surface area contributed by atoms with Gasteiger partial charge in [0.15, 0.2) is 0 Å². The van der Waals surface area contributed by atoms with Crippen LogP contribution in [0.4, 0.5) is 0 Å². The largest absolute Gasteiger partial charge is 0.508 e. The first-order valence-electron chi connectivity index (χ1n) is 9.41. The molecule has 0 aliphatic heterocycles. The van der Waals surface area contributed by atoms with Gasteiger partial charge in [0, 0.05) is 5.56 Å². The number of aliphatic hydroxyl groups excluding tert-OH is 2. The van der Waals surface area contributed by atoms with E-state index in [0.717, 1.165) is 24.0 Å². The highest BCUT2D eigenvalue weighted by Crippen LogP contribution is 2.61. The number of rotatable bonds is 3. The molecule has 0 bridgehead atoms. The van der Waals surface area contributed by atoms with Gasteiger partial charge >= 0.3 is 5.97 Å². The molecule has 7 nitrogen and oxygen atoms in total. The number of phenolic OH excluding ortho intramolecular Hbond substituents is 1. The number of carbonyl (C=O) groups is 1. The van der Waals surface area contributed by atoms with Crippen LogP contribution in [0.1, 0.15) is 49.7 Å². The van der Waals surface area contributed by atoms with Gasteiger partial charge in [0.25, 0.3) is 0 Å². The minimum Gasteiger partial charge on any atom is -0.508 e. The second-order valence-electron chi connectivity index (χ2n) is 8.35. The van der Waals surface area contributed by atoms with Gasteiger partial charge in [-0.1, -0.05) is 18.1 Å². The van der Waals surface area contributed by atoms with Gasteiger partial charge in [0.05, 0.1) is 17.9 Å². The molecule has 3 aliphatic carbocycles. The molecule has 0 unspecified atom stereocenters. The van der Waals surface area contributed by atoms with E-state index in [1.807, 2.05) is 6.07 Å². The van der Waals surface area contributed by atoms with Crippen LogP contribution in [-0.4, -0.2) is 50.9 Å². The van der Waals surface area contributed by atoms with Crippen LogP contribution in [0.2, 0.25) is 0 Å². The zero-order valence-electron chi connectivity index (χ0n) is 15.2. The molecule has 1 aromatic carbocycles. The molecule has 6 atom stereocenters. The van der Waals surface area contributed by atoms with Crippen LogP contribution in [0.15, 0.2) is 23.4 Å². The van der Waals surface area contributed by atoms with Crippen molar-refractivity contribution in [2.24, 2.45) is 22.4 Å². The number of carboxylic acid groups (broad SMARTS) is 1.